The molecule has 1 fully saturated rings. The molecule has 1 saturated heterocycles. The van der Waals surface area contributed by atoms with Gasteiger partial charge in [0.1, 0.15) is 0 Å². The molecular weight excluding hydrogens is 378 g/mol. The maximum atomic E-state index is 12.7. The van der Waals surface area contributed by atoms with E-state index in [1.807, 2.05) is 43.5 Å². The minimum Gasteiger partial charge on any atom is -0.349 e. The number of amides is 1. The van der Waals surface area contributed by atoms with Gasteiger partial charge in [-0.25, -0.2) is 0 Å². The standard InChI is InChI=1S/C20H24BrN3O/c1-15(17-6-8-19(21)9-7-17)23-20(25)18-5-3-11-24(14-18)13-16-4-2-10-22-12-16/h2,4,6-10,12,15,18H,3,5,11,13-14H2,1H3,(H,23,25)/t15-,18-/m1/s1. The Labute approximate surface area is 157 Å². The van der Waals surface area contributed by atoms with E-state index >= 15 is 0 Å². The Hall–Kier alpha value is -1.72. The highest BCUT2D eigenvalue weighted by Gasteiger charge is 2.26. The first-order valence-corrected chi connectivity index (χ1v) is 9.58. The molecule has 1 aliphatic heterocycles. The number of carbonyl (C=O) groups excluding carboxylic acids is 1. The number of carbonyl (C=O) groups is 1. The number of piperidine rings is 1. The summed E-state index contributed by atoms with van der Waals surface area (Å²) >= 11 is 3.44. The van der Waals surface area contributed by atoms with Gasteiger partial charge >= 0.3 is 0 Å². The van der Waals surface area contributed by atoms with Crippen molar-refractivity contribution in [3.63, 3.8) is 0 Å². The number of hydrogen-bond acceptors (Lipinski definition) is 3. The molecular formula is C20H24BrN3O. The lowest BCUT2D eigenvalue weighted by Gasteiger charge is -2.32. The van der Waals surface area contributed by atoms with Gasteiger partial charge < -0.3 is 5.32 Å². The fourth-order valence-electron chi connectivity index (χ4n) is 3.33. The summed E-state index contributed by atoms with van der Waals surface area (Å²) in [6.45, 7) is 4.76. The molecule has 0 saturated carbocycles. The minimum atomic E-state index is 0.0225. The number of benzene rings is 1. The van der Waals surface area contributed by atoms with E-state index in [2.05, 4.69) is 37.2 Å². The van der Waals surface area contributed by atoms with E-state index in [1.165, 1.54) is 5.56 Å². The first-order valence-electron chi connectivity index (χ1n) is 8.79. The molecule has 2 aromatic rings. The van der Waals surface area contributed by atoms with Crippen molar-refractivity contribution in [2.75, 3.05) is 13.1 Å². The van der Waals surface area contributed by atoms with Gasteiger partial charge in [0.05, 0.1) is 12.0 Å². The third-order valence-electron chi connectivity index (χ3n) is 4.73. The van der Waals surface area contributed by atoms with E-state index in [0.29, 0.717) is 0 Å². The van der Waals surface area contributed by atoms with Crippen molar-refractivity contribution in [1.29, 1.82) is 0 Å². The maximum absolute atomic E-state index is 12.7. The fourth-order valence-corrected chi connectivity index (χ4v) is 3.59. The van der Waals surface area contributed by atoms with Crippen LogP contribution in [-0.4, -0.2) is 28.9 Å². The topological polar surface area (TPSA) is 45.2 Å². The van der Waals surface area contributed by atoms with Crippen LogP contribution in [0.1, 0.15) is 36.9 Å². The third kappa shape index (κ3) is 5.13. The van der Waals surface area contributed by atoms with Crippen molar-refractivity contribution in [2.24, 2.45) is 5.92 Å². The monoisotopic (exact) mass is 401 g/mol. The van der Waals surface area contributed by atoms with Crippen LogP contribution < -0.4 is 5.32 Å². The summed E-state index contributed by atoms with van der Waals surface area (Å²) in [6.07, 6.45) is 5.71. The largest absolute Gasteiger partial charge is 0.349 e. The summed E-state index contributed by atoms with van der Waals surface area (Å²) in [5.74, 6) is 0.217. The Morgan fingerprint density at radius 1 is 1.36 bits per heavy atom. The first kappa shape index (κ1) is 18.1. The van der Waals surface area contributed by atoms with Gasteiger partial charge in [-0.3, -0.25) is 14.7 Å². The maximum Gasteiger partial charge on any atom is 0.224 e. The van der Waals surface area contributed by atoms with Crippen LogP contribution in [0.4, 0.5) is 0 Å². The predicted molar refractivity (Wildman–Crippen MR) is 103 cm³/mol. The van der Waals surface area contributed by atoms with Gasteiger partial charge in [-0.2, -0.15) is 0 Å². The number of halogens is 1. The highest BCUT2D eigenvalue weighted by Crippen LogP contribution is 2.21. The average Bonchev–Trinajstić information content (AvgIpc) is 2.63. The number of nitrogens with zero attached hydrogens (tertiary/aromatic N) is 2. The summed E-state index contributed by atoms with van der Waals surface area (Å²) < 4.78 is 1.05. The molecule has 0 radical (unpaired) electrons. The molecule has 0 aliphatic carbocycles. The molecule has 0 bridgehead atoms. The number of pyridine rings is 1. The molecule has 0 spiro atoms. The quantitative estimate of drug-likeness (QED) is 0.824. The van der Waals surface area contributed by atoms with E-state index in [4.69, 9.17) is 0 Å². The fraction of sp³-hybridized carbons (Fsp3) is 0.400. The second kappa shape index (κ2) is 8.59. The Morgan fingerprint density at radius 2 is 2.16 bits per heavy atom. The van der Waals surface area contributed by atoms with Gasteiger partial charge in [-0.05, 0) is 55.6 Å². The highest BCUT2D eigenvalue weighted by atomic mass is 79.9. The number of aromatic nitrogens is 1. The summed E-state index contributed by atoms with van der Waals surface area (Å²) in [7, 11) is 0. The van der Waals surface area contributed by atoms with Gasteiger partial charge in [0.15, 0.2) is 0 Å². The highest BCUT2D eigenvalue weighted by molar-refractivity contribution is 9.10. The molecule has 1 amide bonds. The number of rotatable bonds is 5. The van der Waals surface area contributed by atoms with E-state index < -0.39 is 0 Å². The van der Waals surface area contributed by atoms with Crippen molar-refractivity contribution in [1.82, 2.24) is 15.2 Å². The summed E-state index contributed by atoms with van der Waals surface area (Å²) in [5, 5.41) is 3.18. The lowest BCUT2D eigenvalue weighted by molar-refractivity contribution is -0.127. The van der Waals surface area contributed by atoms with Crippen molar-refractivity contribution >= 4 is 21.8 Å². The molecule has 0 unspecified atom stereocenters. The van der Waals surface area contributed by atoms with Crippen LogP contribution in [0, 0.1) is 5.92 Å². The second-order valence-electron chi connectivity index (χ2n) is 6.72. The Balaban J connectivity index is 1.55. The smallest absolute Gasteiger partial charge is 0.224 e. The number of likely N-dealkylation sites (tertiary alicyclic amines) is 1. The van der Waals surface area contributed by atoms with Crippen LogP contribution in [0.15, 0.2) is 53.3 Å². The average molecular weight is 402 g/mol. The van der Waals surface area contributed by atoms with Crippen LogP contribution in [0.5, 0.6) is 0 Å². The van der Waals surface area contributed by atoms with Gasteiger partial charge in [0.25, 0.3) is 0 Å². The molecule has 1 aliphatic rings. The summed E-state index contributed by atoms with van der Waals surface area (Å²) in [5.41, 5.74) is 2.33. The molecule has 25 heavy (non-hydrogen) atoms. The van der Waals surface area contributed by atoms with E-state index in [1.54, 1.807) is 6.20 Å². The molecule has 3 rings (SSSR count). The first-order chi connectivity index (χ1) is 12.1. The van der Waals surface area contributed by atoms with Crippen LogP contribution in [-0.2, 0) is 11.3 Å². The van der Waals surface area contributed by atoms with Crippen LogP contribution in [0.2, 0.25) is 0 Å². The zero-order valence-corrected chi connectivity index (χ0v) is 16.1. The van der Waals surface area contributed by atoms with Gasteiger partial charge in [0.2, 0.25) is 5.91 Å². The zero-order chi connectivity index (χ0) is 17.6. The Bertz CT molecular complexity index is 690. The normalized spacial score (nSPS) is 19.4. The summed E-state index contributed by atoms with van der Waals surface area (Å²) in [6, 6.07) is 12.2. The number of nitrogens with one attached hydrogen (secondary N) is 1. The van der Waals surface area contributed by atoms with Gasteiger partial charge in [0, 0.05) is 30.0 Å². The SMILES string of the molecule is C[C@@H](NC(=O)[C@@H]1CCCN(Cc2cccnc2)C1)c1ccc(Br)cc1. The van der Waals surface area contributed by atoms with Crippen molar-refractivity contribution in [3.05, 3.63) is 64.4 Å². The van der Waals surface area contributed by atoms with Gasteiger partial charge in [-0.1, -0.05) is 34.1 Å². The molecule has 1 N–H and O–H groups in total. The predicted octanol–water partition coefficient (Wildman–Crippen LogP) is 3.93. The van der Waals surface area contributed by atoms with Crippen molar-refractivity contribution in [3.8, 4) is 0 Å². The molecule has 5 heteroatoms. The van der Waals surface area contributed by atoms with Crippen LogP contribution >= 0.6 is 15.9 Å². The van der Waals surface area contributed by atoms with Gasteiger partial charge in [-0.15, -0.1) is 0 Å². The third-order valence-corrected chi connectivity index (χ3v) is 5.26. The number of hydrogen-bond donors (Lipinski definition) is 1. The Kier molecular flexibility index (Phi) is 6.21. The summed E-state index contributed by atoms with van der Waals surface area (Å²) in [4.78, 5) is 19.2. The molecule has 1 aromatic heterocycles. The van der Waals surface area contributed by atoms with Crippen molar-refractivity contribution in [2.45, 2.75) is 32.4 Å². The van der Waals surface area contributed by atoms with Crippen LogP contribution in [0.25, 0.3) is 0 Å². The molecule has 1 aromatic carbocycles. The van der Waals surface area contributed by atoms with Crippen LogP contribution in [0.3, 0.4) is 0 Å². The zero-order valence-electron chi connectivity index (χ0n) is 14.5. The van der Waals surface area contributed by atoms with E-state index in [-0.39, 0.29) is 17.9 Å². The molecule has 4 nitrogen and oxygen atoms in total. The Morgan fingerprint density at radius 3 is 2.88 bits per heavy atom. The van der Waals surface area contributed by atoms with E-state index in [9.17, 15) is 4.79 Å². The van der Waals surface area contributed by atoms with E-state index in [0.717, 1.165) is 42.5 Å². The molecule has 2 heterocycles. The lowest BCUT2D eigenvalue weighted by atomic mass is 9.96. The molecule has 2 atom stereocenters. The van der Waals surface area contributed by atoms with Crippen molar-refractivity contribution < 1.29 is 4.79 Å². The lowest BCUT2D eigenvalue weighted by Crippen LogP contribution is -2.43. The second-order valence-corrected chi connectivity index (χ2v) is 7.63. The molecule has 132 valence electrons. The minimum absolute atomic E-state index is 0.0225.